The number of halogens is 1. The monoisotopic (exact) mass is 350 g/mol. The number of nitrogens with zero attached hydrogens (tertiary/aromatic N) is 2. The molecule has 2 heterocycles. The molecule has 2 amide bonds. The van der Waals surface area contributed by atoms with Gasteiger partial charge in [-0.15, -0.1) is 0 Å². The number of carbonyl (C=O) groups is 2. The highest BCUT2D eigenvalue weighted by Crippen LogP contribution is 2.27. The predicted molar refractivity (Wildman–Crippen MR) is 92.3 cm³/mol. The van der Waals surface area contributed by atoms with Crippen molar-refractivity contribution in [1.29, 1.82) is 0 Å². The molecule has 1 aromatic carbocycles. The molecule has 130 valence electrons. The van der Waals surface area contributed by atoms with Crippen molar-refractivity contribution in [2.24, 2.45) is 5.92 Å². The summed E-state index contributed by atoms with van der Waals surface area (Å²) in [5, 5.41) is 0.685. The molecule has 0 saturated carbocycles. The normalized spacial score (nSPS) is 24.8. The number of carbonyl (C=O) groups excluding carboxylic acids is 2. The fourth-order valence-electron chi connectivity index (χ4n) is 3.40. The van der Waals surface area contributed by atoms with E-state index in [1.54, 1.807) is 6.92 Å². The standard InChI is InChI=1S/C17H23ClN4O2/c1-12(23)21-7-2-8-22(10-9-21)17(24)15-11-19-20-16(15)13-3-5-14(18)6-4-13/h3-6,15-16,19-20H,2,7-11H2,1H3. The van der Waals surface area contributed by atoms with E-state index in [9.17, 15) is 9.59 Å². The molecule has 0 aromatic heterocycles. The van der Waals surface area contributed by atoms with Crippen molar-refractivity contribution in [3.63, 3.8) is 0 Å². The second-order valence-electron chi connectivity index (χ2n) is 6.35. The predicted octanol–water partition coefficient (Wildman–Crippen LogP) is 1.19. The van der Waals surface area contributed by atoms with E-state index in [2.05, 4.69) is 10.9 Å². The lowest BCUT2D eigenvalue weighted by atomic mass is 9.93. The lowest BCUT2D eigenvalue weighted by Gasteiger charge is -2.27. The van der Waals surface area contributed by atoms with E-state index in [0.29, 0.717) is 31.2 Å². The summed E-state index contributed by atoms with van der Waals surface area (Å²) in [5.41, 5.74) is 7.35. The third kappa shape index (κ3) is 3.71. The highest BCUT2D eigenvalue weighted by Gasteiger charge is 2.36. The summed E-state index contributed by atoms with van der Waals surface area (Å²) in [6.45, 7) is 4.81. The minimum Gasteiger partial charge on any atom is -0.341 e. The first kappa shape index (κ1) is 17.2. The molecule has 2 unspecified atom stereocenters. The van der Waals surface area contributed by atoms with Crippen LogP contribution in [0.5, 0.6) is 0 Å². The molecule has 24 heavy (non-hydrogen) atoms. The van der Waals surface area contributed by atoms with Crippen molar-refractivity contribution in [2.75, 3.05) is 32.7 Å². The Morgan fingerprint density at radius 1 is 1.08 bits per heavy atom. The largest absolute Gasteiger partial charge is 0.341 e. The molecule has 2 atom stereocenters. The number of rotatable bonds is 2. The summed E-state index contributed by atoms with van der Waals surface area (Å²) in [4.78, 5) is 28.2. The fourth-order valence-corrected chi connectivity index (χ4v) is 3.53. The Labute approximate surface area is 147 Å². The van der Waals surface area contributed by atoms with Gasteiger partial charge in [0.05, 0.1) is 12.0 Å². The second-order valence-corrected chi connectivity index (χ2v) is 6.78. The number of hydrazine groups is 1. The van der Waals surface area contributed by atoms with Crippen LogP contribution in [-0.2, 0) is 9.59 Å². The van der Waals surface area contributed by atoms with E-state index >= 15 is 0 Å². The van der Waals surface area contributed by atoms with Crippen molar-refractivity contribution < 1.29 is 9.59 Å². The van der Waals surface area contributed by atoms with E-state index in [0.717, 1.165) is 18.5 Å². The van der Waals surface area contributed by atoms with Crippen molar-refractivity contribution in [3.8, 4) is 0 Å². The van der Waals surface area contributed by atoms with E-state index < -0.39 is 0 Å². The van der Waals surface area contributed by atoms with Gasteiger partial charge >= 0.3 is 0 Å². The van der Waals surface area contributed by atoms with Gasteiger partial charge in [-0.2, -0.15) is 0 Å². The Morgan fingerprint density at radius 3 is 2.46 bits per heavy atom. The van der Waals surface area contributed by atoms with Crippen LogP contribution >= 0.6 is 11.6 Å². The molecule has 0 bridgehead atoms. The highest BCUT2D eigenvalue weighted by atomic mass is 35.5. The van der Waals surface area contributed by atoms with Gasteiger partial charge in [0, 0.05) is 44.7 Å². The SMILES string of the molecule is CC(=O)N1CCCN(C(=O)C2CNNC2c2ccc(Cl)cc2)CC1. The molecule has 0 radical (unpaired) electrons. The van der Waals surface area contributed by atoms with Crippen molar-refractivity contribution >= 4 is 23.4 Å². The molecule has 0 spiro atoms. The lowest BCUT2D eigenvalue weighted by molar-refractivity contribution is -0.136. The maximum absolute atomic E-state index is 13.0. The van der Waals surface area contributed by atoms with Crippen LogP contribution in [0.3, 0.4) is 0 Å². The highest BCUT2D eigenvalue weighted by molar-refractivity contribution is 6.30. The van der Waals surface area contributed by atoms with E-state index in [4.69, 9.17) is 11.6 Å². The van der Waals surface area contributed by atoms with Crippen LogP contribution in [0.2, 0.25) is 5.02 Å². The maximum Gasteiger partial charge on any atom is 0.229 e. The third-order valence-electron chi connectivity index (χ3n) is 4.78. The molecule has 2 aliphatic rings. The van der Waals surface area contributed by atoms with Crippen LogP contribution in [0.25, 0.3) is 0 Å². The van der Waals surface area contributed by atoms with Gasteiger partial charge < -0.3 is 9.80 Å². The zero-order valence-corrected chi connectivity index (χ0v) is 14.6. The number of amides is 2. The molecule has 2 N–H and O–H groups in total. The van der Waals surface area contributed by atoms with Gasteiger partial charge in [-0.1, -0.05) is 23.7 Å². The van der Waals surface area contributed by atoms with Crippen molar-refractivity contribution in [1.82, 2.24) is 20.7 Å². The van der Waals surface area contributed by atoms with Crippen LogP contribution in [0, 0.1) is 5.92 Å². The Kier molecular flexibility index (Phi) is 5.38. The first-order valence-electron chi connectivity index (χ1n) is 8.34. The van der Waals surface area contributed by atoms with E-state index in [1.807, 2.05) is 34.1 Å². The van der Waals surface area contributed by atoms with Gasteiger partial charge in [-0.05, 0) is 24.1 Å². The maximum atomic E-state index is 13.0. The van der Waals surface area contributed by atoms with Gasteiger partial charge in [0.1, 0.15) is 0 Å². The molecule has 3 rings (SSSR count). The Morgan fingerprint density at radius 2 is 1.75 bits per heavy atom. The van der Waals surface area contributed by atoms with Crippen molar-refractivity contribution in [3.05, 3.63) is 34.9 Å². The molecule has 2 aliphatic heterocycles. The zero-order valence-electron chi connectivity index (χ0n) is 13.8. The molecule has 6 nitrogen and oxygen atoms in total. The summed E-state index contributed by atoms with van der Waals surface area (Å²) in [7, 11) is 0. The lowest BCUT2D eigenvalue weighted by Crippen LogP contribution is -2.41. The zero-order chi connectivity index (χ0) is 17.1. The molecule has 7 heteroatoms. The van der Waals surface area contributed by atoms with Gasteiger partial charge in [0.25, 0.3) is 0 Å². The van der Waals surface area contributed by atoms with Gasteiger partial charge in [0.2, 0.25) is 11.8 Å². The average Bonchev–Trinajstić information content (AvgIpc) is 2.91. The van der Waals surface area contributed by atoms with Crippen LogP contribution in [0.4, 0.5) is 0 Å². The topological polar surface area (TPSA) is 64.7 Å². The average molecular weight is 351 g/mol. The van der Waals surface area contributed by atoms with Crippen molar-refractivity contribution in [2.45, 2.75) is 19.4 Å². The Hall–Kier alpha value is -1.63. The van der Waals surface area contributed by atoms with Gasteiger partial charge in [0.15, 0.2) is 0 Å². The van der Waals surface area contributed by atoms with Crippen LogP contribution < -0.4 is 10.9 Å². The molecule has 2 saturated heterocycles. The summed E-state index contributed by atoms with van der Waals surface area (Å²) in [6.07, 6.45) is 0.824. The fraction of sp³-hybridized carbons (Fsp3) is 0.529. The number of hydrogen-bond donors (Lipinski definition) is 2. The van der Waals surface area contributed by atoms with E-state index in [-0.39, 0.29) is 23.8 Å². The van der Waals surface area contributed by atoms with Gasteiger partial charge in [-0.3, -0.25) is 15.0 Å². The minimum absolute atomic E-state index is 0.0677. The number of hydrogen-bond acceptors (Lipinski definition) is 4. The van der Waals surface area contributed by atoms with Crippen LogP contribution in [-0.4, -0.2) is 54.3 Å². The minimum atomic E-state index is -0.157. The summed E-state index contributed by atoms with van der Waals surface area (Å²) >= 11 is 5.95. The molecule has 0 aliphatic carbocycles. The summed E-state index contributed by atoms with van der Waals surface area (Å²) in [6, 6.07) is 7.52. The first-order valence-corrected chi connectivity index (χ1v) is 8.72. The first-order chi connectivity index (χ1) is 11.6. The second kappa shape index (κ2) is 7.51. The number of benzene rings is 1. The molecule has 1 aromatic rings. The summed E-state index contributed by atoms with van der Waals surface area (Å²) < 4.78 is 0. The smallest absolute Gasteiger partial charge is 0.229 e. The molecular weight excluding hydrogens is 328 g/mol. The van der Waals surface area contributed by atoms with E-state index in [1.165, 1.54) is 0 Å². The number of nitrogens with one attached hydrogen (secondary N) is 2. The molecular formula is C17H23ClN4O2. The Bertz CT molecular complexity index is 607. The quantitative estimate of drug-likeness (QED) is 0.841. The Balaban J connectivity index is 1.69. The van der Waals surface area contributed by atoms with Crippen LogP contribution in [0.1, 0.15) is 24.9 Å². The summed E-state index contributed by atoms with van der Waals surface area (Å²) in [5.74, 6) is 0.0560. The van der Waals surface area contributed by atoms with Crippen LogP contribution in [0.15, 0.2) is 24.3 Å². The van der Waals surface area contributed by atoms with Gasteiger partial charge in [-0.25, -0.2) is 5.43 Å². The third-order valence-corrected chi connectivity index (χ3v) is 5.03. The molecule has 2 fully saturated rings.